The van der Waals surface area contributed by atoms with Crippen LogP contribution >= 0.6 is 0 Å². The first-order valence-corrected chi connectivity index (χ1v) is 6.66. The van der Waals surface area contributed by atoms with E-state index in [2.05, 4.69) is 10.1 Å². The van der Waals surface area contributed by atoms with Crippen LogP contribution in [0.1, 0.15) is 12.0 Å². The van der Waals surface area contributed by atoms with Crippen molar-refractivity contribution in [2.45, 2.75) is 19.5 Å². The molecule has 2 aromatic rings. The lowest BCUT2D eigenvalue weighted by Gasteiger charge is -2.08. The Morgan fingerprint density at radius 3 is 2.45 bits per heavy atom. The van der Waals surface area contributed by atoms with E-state index in [1.54, 1.807) is 24.3 Å². The molecule has 0 bridgehead atoms. The predicted octanol–water partition coefficient (Wildman–Crippen LogP) is 3.56. The monoisotopic (exact) mass is 307 g/mol. The summed E-state index contributed by atoms with van der Waals surface area (Å²) in [5, 5.41) is 12.3. The molecule has 0 fully saturated rings. The Morgan fingerprint density at radius 2 is 1.82 bits per heavy atom. The SMILES string of the molecule is O=C(CCc1ccccc1O)Nc1ccc(OC(F)F)cc1. The first-order valence-electron chi connectivity index (χ1n) is 6.66. The van der Waals surface area contributed by atoms with Crippen molar-refractivity contribution in [3.05, 3.63) is 54.1 Å². The number of ether oxygens (including phenoxy) is 1. The molecule has 0 radical (unpaired) electrons. The highest BCUT2D eigenvalue weighted by molar-refractivity contribution is 5.90. The molecule has 0 aliphatic carbocycles. The molecule has 2 aromatic carbocycles. The predicted molar refractivity (Wildman–Crippen MR) is 78.1 cm³/mol. The van der Waals surface area contributed by atoms with Gasteiger partial charge in [-0.15, -0.1) is 0 Å². The number of rotatable bonds is 6. The molecule has 2 rings (SSSR count). The van der Waals surface area contributed by atoms with Crippen LogP contribution in [0.5, 0.6) is 11.5 Å². The molecule has 0 aliphatic rings. The van der Waals surface area contributed by atoms with Crippen LogP contribution < -0.4 is 10.1 Å². The summed E-state index contributed by atoms with van der Waals surface area (Å²) in [5.41, 5.74) is 1.18. The van der Waals surface area contributed by atoms with E-state index in [1.807, 2.05) is 0 Å². The molecule has 0 atom stereocenters. The van der Waals surface area contributed by atoms with Crippen LogP contribution in [0.2, 0.25) is 0 Å². The molecule has 116 valence electrons. The van der Waals surface area contributed by atoms with Crippen molar-refractivity contribution in [2.75, 3.05) is 5.32 Å². The number of carbonyl (C=O) groups excluding carboxylic acids is 1. The van der Waals surface area contributed by atoms with Crippen molar-refractivity contribution in [2.24, 2.45) is 0 Å². The molecular weight excluding hydrogens is 292 g/mol. The normalized spacial score (nSPS) is 10.5. The lowest BCUT2D eigenvalue weighted by molar-refractivity contribution is -0.116. The molecule has 2 N–H and O–H groups in total. The molecule has 0 heterocycles. The van der Waals surface area contributed by atoms with E-state index in [1.165, 1.54) is 24.3 Å². The summed E-state index contributed by atoms with van der Waals surface area (Å²) in [5.74, 6) is -0.0446. The molecule has 0 aromatic heterocycles. The molecule has 22 heavy (non-hydrogen) atoms. The minimum Gasteiger partial charge on any atom is -0.508 e. The number of amides is 1. The number of halogens is 2. The van der Waals surface area contributed by atoms with Gasteiger partial charge in [-0.05, 0) is 42.3 Å². The van der Waals surface area contributed by atoms with Gasteiger partial charge >= 0.3 is 6.61 Å². The van der Waals surface area contributed by atoms with Gasteiger partial charge in [0.1, 0.15) is 11.5 Å². The number of aryl methyl sites for hydroxylation is 1. The van der Waals surface area contributed by atoms with Crippen molar-refractivity contribution in [1.29, 1.82) is 0 Å². The molecule has 0 spiro atoms. The summed E-state index contributed by atoms with van der Waals surface area (Å²) in [7, 11) is 0. The first kappa shape index (κ1) is 15.8. The molecule has 6 heteroatoms. The number of phenolic OH excluding ortho intramolecular Hbond substituents is 1. The summed E-state index contributed by atoms with van der Waals surface area (Å²) in [4.78, 5) is 11.8. The summed E-state index contributed by atoms with van der Waals surface area (Å²) in [6.45, 7) is -2.88. The number of anilines is 1. The van der Waals surface area contributed by atoms with Crippen molar-refractivity contribution in [3.8, 4) is 11.5 Å². The molecule has 4 nitrogen and oxygen atoms in total. The topological polar surface area (TPSA) is 58.6 Å². The fourth-order valence-corrected chi connectivity index (χ4v) is 1.91. The average Bonchev–Trinajstić information content (AvgIpc) is 2.48. The Labute approximate surface area is 126 Å². The highest BCUT2D eigenvalue weighted by Gasteiger charge is 2.07. The third kappa shape index (κ3) is 4.73. The zero-order valence-electron chi connectivity index (χ0n) is 11.6. The van der Waals surface area contributed by atoms with E-state index in [0.29, 0.717) is 17.7 Å². The van der Waals surface area contributed by atoms with E-state index in [9.17, 15) is 18.7 Å². The number of benzene rings is 2. The molecule has 0 aliphatic heterocycles. The van der Waals surface area contributed by atoms with Crippen LogP contribution in [-0.4, -0.2) is 17.6 Å². The Balaban J connectivity index is 1.85. The molecule has 0 saturated heterocycles. The van der Waals surface area contributed by atoms with Gasteiger partial charge in [0.25, 0.3) is 0 Å². The van der Waals surface area contributed by atoms with Gasteiger partial charge in [-0.2, -0.15) is 8.78 Å². The maximum atomic E-state index is 12.0. The smallest absolute Gasteiger partial charge is 0.387 e. The number of carbonyl (C=O) groups is 1. The Kier molecular flexibility index (Phi) is 5.30. The maximum Gasteiger partial charge on any atom is 0.387 e. The number of nitrogens with one attached hydrogen (secondary N) is 1. The van der Waals surface area contributed by atoms with Gasteiger partial charge in [-0.3, -0.25) is 4.79 Å². The third-order valence-corrected chi connectivity index (χ3v) is 2.98. The first-order chi connectivity index (χ1) is 10.5. The van der Waals surface area contributed by atoms with Crippen LogP contribution in [0, 0.1) is 0 Å². The second-order valence-electron chi connectivity index (χ2n) is 4.58. The fraction of sp³-hybridized carbons (Fsp3) is 0.188. The largest absolute Gasteiger partial charge is 0.508 e. The van der Waals surface area contributed by atoms with Crippen molar-refractivity contribution in [3.63, 3.8) is 0 Å². The average molecular weight is 307 g/mol. The van der Waals surface area contributed by atoms with E-state index in [-0.39, 0.29) is 23.8 Å². The summed E-state index contributed by atoms with van der Waals surface area (Å²) in [6, 6.07) is 12.5. The number of para-hydroxylation sites is 1. The van der Waals surface area contributed by atoms with Crippen molar-refractivity contribution >= 4 is 11.6 Å². The second-order valence-corrected chi connectivity index (χ2v) is 4.58. The molecule has 1 amide bonds. The second kappa shape index (κ2) is 7.40. The van der Waals surface area contributed by atoms with E-state index < -0.39 is 6.61 Å². The Morgan fingerprint density at radius 1 is 1.14 bits per heavy atom. The lowest BCUT2D eigenvalue weighted by atomic mass is 10.1. The van der Waals surface area contributed by atoms with Gasteiger partial charge in [0.2, 0.25) is 5.91 Å². The fourth-order valence-electron chi connectivity index (χ4n) is 1.91. The van der Waals surface area contributed by atoms with Crippen LogP contribution in [-0.2, 0) is 11.2 Å². The quantitative estimate of drug-likeness (QED) is 0.858. The minimum atomic E-state index is -2.88. The summed E-state index contributed by atoms with van der Waals surface area (Å²) < 4.78 is 28.2. The third-order valence-electron chi connectivity index (χ3n) is 2.98. The highest BCUT2D eigenvalue weighted by Crippen LogP contribution is 2.19. The van der Waals surface area contributed by atoms with Crippen LogP contribution in [0.15, 0.2) is 48.5 Å². The van der Waals surface area contributed by atoms with Gasteiger partial charge in [-0.25, -0.2) is 0 Å². The number of hydrogen-bond donors (Lipinski definition) is 2. The zero-order valence-corrected chi connectivity index (χ0v) is 11.6. The Hall–Kier alpha value is -2.63. The van der Waals surface area contributed by atoms with Gasteiger partial charge < -0.3 is 15.2 Å². The van der Waals surface area contributed by atoms with Crippen molar-refractivity contribution < 1.29 is 23.4 Å². The minimum absolute atomic E-state index is 0.0298. The highest BCUT2D eigenvalue weighted by atomic mass is 19.3. The van der Waals surface area contributed by atoms with Gasteiger partial charge in [-0.1, -0.05) is 18.2 Å². The zero-order chi connectivity index (χ0) is 15.9. The maximum absolute atomic E-state index is 12.0. The van der Waals surface area contributed by atoms with Gasteiger partial charge in [0.15, 0.2) is 0 Å². The number of phenols is 1. The van der Waals surface area contributed by atoms with Crippen LogP contribution in [0.3, 0.4) is 0 Å². The summed E-state index contributed by atoms with van der Waals surface area (Å²) >= 11 is 0. The van der Waals surface area contributed by atoms with Gasteiger partial charge in [0, 0.05) is 12.1 Å². The van der Waals surface area contributed by atoms with E-state index in [0.717, 1.165) is 0 Å². The standard InChI is InChI=1S/C16H15F2NO3/c17-16(18)22-13-8-6-12(7-9-13)19-15(21)10-5-11-3-1-2-4-14(11)20/h1-4,6-9,16,20H,5,10H2,(H,19,21). The number of aromatic hydroxyl groups is 1. The molecule has 0 saturated carbocycles. The van der Waals surface area contributed by atoms with E-state index >= 15 is 0 Å². The lowest BCUT2D eigenvalue weighted by Crippen LogP contribution is -2.12. The van der Waals surface area contributed by atoms with Crippen LogP contribution in [0.4, 0.5) is 14.5 Å². The summed E-state index contributed by atoms with van der Waals surface area (Å²) in [6.07, 6.45) is 0.609. The van der Waals surface area contributed by atoms with Crippen molar-refractivity contribution in [1.82, 2.24) is 0 Å². The Bertz CT molecular complexity index is 630. The molecule has 0 unspecified atom stereocenters. The van der Waals surface area contributed by atoms with E-state index in [4.69, 9.17) is 0 Å². The number of alkyl halides is 2. The number of hydrogen-bond acceptors (Lipinski definition) is 3. The molecular formula is C16H15F2NO3. The van der Waals surface area contributed by atoms with Gasteiger partial charge in [0.05, 0.1) is 0 Å². The van der Waals surface area contributed by atoms with Crippen LogP contribution in [0.25, 0.3) is 0 Å².